The summed E-state index contributed by atoms with van der Waals surface area (Å²) in [7, 11) is 1.42. The second kappa shape index (κ2) is 6.21. The van der Waals surface area contributed by atoms with E-state index in [0.717, 1.165) is 17.0 Å². The zero-order chi connectivity index (χ0) is 16.4. The predicted molar refractivity (Wildman–Crippen MR) is 73.4 cm³/mol. The summed E-state index contributed by atoms with van der Waals surface area (Å²) in [5, 5.41) is 2.54. The molecule has 0 heterocycles. The maximum Gasteiger partial charge on any atom is 0.246 e. The summed E-state index contributed by atoms with van der Waals surface area (Å²) in [5.41, 5.74) is 0.321. The first-order valence-corrected chi connectivity index (χ1v) is 6.68. The Hall–Kier alpha value is -2.31. The molecular weight excluding hydrogens is 297 g/mol. The van der Waals surface area contributed by atoms with E-state index >= 15 is 0 Å². The van der Waals surface area contributed by atoms with Crippen LogP contribution in [0.15, 0.2) is 18.7 Å². The van der Waals surface area contributed by atoms with Crippen LogP contribution in [-0.2, 0) is 16.0 Å². The molecule has 2 rings (SSSR count). The van der Waals surface area contributed by atoms with E-state index in [1.54, 1.807) is 0 Å². The van der Waals surface area contributed by atoms with Crippen LogP contribution in [0.25, 0.3) is 0 Å². The first kappa shape index (κ1) is 16.1. The number of carbonyl (C=O) groups excluding carboxylic acids is 2. The Morgan fingerprint density at radius 2 is 2.09 bits per heavy atom. The van der Waals surface area contributed by atoms with Crippen LogP contribution < -0.4 is 5.32 Å². The number of nitrogens with one attached hydrogen (secondary N) is 1. The molecule has 1 unspecified atom stereocenters. The molecule has 1 aliphatic rings. The summed E-state index contributed by atoms with van der Waals surface area (Å²) in [5.74, 6) is -4.99. The molecule has 7 heteroatoms. The lowest BCUT2D eigenvalue weighted by molar-refractivity contribution is -0.131. The van der Waals surface area contributed by atoms with Gasteiger partial charge in [-0.1, -0.05) is 6.58 Å². The molecule has 0 saturated carbocycles. The Labute approximate surface area is 125 Å². The van der Waals surface area contributed by atoms with Crippen LogP contribution in [-0.4, -0.2) is 30.3 Å². The smallest absolute Gasteiger partial charge is 0.246 e. The summed E-state index contributed by atoms with van der Waals surface area (Å²) < 4.78 is 40.4. The van der Waals surface area contributed by atoms with Gasteiger partial charge in [-0.2, -0.15) is 0 Å². The number of likely N-dealkylation sites (N-methyl/N-ethyl adjacent to an activating group) is 1. The van der Waals surface area contributed by atoms with Crippen molar-refractivity contribution in [3.8, 4) is 0 Å². The van der Waals surface area contributed by atoms with Gasteiger partial charge < -0.3 is 10.2 Å². The number of rotatable bonds is 4. The molecule has 1 aliphatic carbocycles. The normalized spacial score (nSPS) is 16.1. The number of fused-ring (bicyclic) bond motifs is 1. The van der Waals surface area contributed by atoms with E-state index in [2.05, 4.69) is 11.9 Å². The zero-order valence-corrected chi connectivity index (χ0v) is 12.0. The second-order valence-corrected chi connectivity index (χ2v) is 5.12. The van der Waals surface area contributed by atoms with Crippen molar-refractivity contribution in [3.05, 3.63) is 47.3 Å². The molecule has 1 N–H and O–H groups in total. The average molecular weight is 312 g/mol. The molecule has 0 fully saturated rings. The van der Waals surface area contributed by atoms with Gasteiger partial charge in [0.25, 0.3) is 0 Å². The van der Waals surface area contributed by atoms with Crippen molar-refractivity contribution in [1.82, 2.24) is 10.2 Å². The average Bonchev–Trinajstić information content (AvgIpc) is 2.86. The Morgan fingerprint density at radius 3 is 2.73 bits per heavy atom. The fourth-order valence-electron chi connectivity index (χ4n) is 2.52. The minimum Gasteiger partial charge on any atom is -0.348 e. The lowest BCUT2D eigenvalue weighted by Crippen LogP contribution is -2.39. The Kier molecular flexibility index (Phi) is 4.54. The van der Waals surface area contributed by atoms with Crippen LogP contribution in [0.1, 0.15) is 23.6 Å². The van der Waals surface area contributed by atoms with Gasteiger partial charge in [0, 0.05) is 12.6 Å². The van der Waals surface area contributed by atoms with E-state index in [1.165, 1.54) is 7.05 Å². The van der Waals surface area contributed by atoms with Gasteiger partial charge in [0.2, 0.25) is 11.8 Å². The summed E-state index contributed by atoms with van der Waals surface area (Å²) in [6, 6.07) is 0.220. The van der Waals surface area contributed by atoms with Crippen molar-refractivity contribution in [2.75, 3.05) is 13.6 Å². The first-order valence-electron chi connectivity index (χ1n) is 6.68. The van der Waals surface area contributed by atoms with Gasteiger partial charge in [-0.15, -0.1) is 0 Å². The minimum atomic E-state index is -1.54. The summed E-state index contributed by atoms with van der Waals surface area (Å²) in [4.78, 5) is 24.3. The zero-order valence-electron chi connectivity index (χ0n) is 12.0. The van der Waals surface area contributed by atoms with Crippen molar-refractivity contribution in [2.45, 2.75) is 18.9 Å². The molecule has 0 aliphatic heterocycles. The topological polar surface area (TPSA) is 49.4 Å². The molecule has 0 spiro atoms. The number of hydrogen-bond acceptors (Lipinski definition) is 2. The first-order chi connectivity index (χ1) is 10.3. The molecule has 0 radical (unpaired) electrons. The number of hydrogen-bond donors (Lipinski definition) is 1. The minimum absolute atomic E-state index is 0.0232. The van der Waals surface area contributed by atoms with Crippen molar-refractivity contribution < 1.29 is 22.8 Å². The number of carbonyl (C=O) groups is 2. The molecule has 0 saturated heterocycles. The molecular formula is C15H15F3N2O2. The molecule has 22 heavy (non-hydrogen) atoms. The van der Waals surface area contributed by atoms with Gasteiger partial charge in [0.05, 0.1) is 12.6 Å². The monoisotopic (exact) mass is 312 g/mol. The Morgan fingerprint density at radius 1 is 1.41 bits per heavy atom. The highest BCUT2D eigenvalue weighted by Crippen LogP contribution is 2.35. The molecule has 0 bridgehead atoms. The van der Waals surface area contributed by atoms with Crippen molar-refractivity contribution in [3.63, 3.8) is 0 Å². The van der Waals surface area contributed by atoms with Crippen molar-refractivity contribution in [1.29, 1.82) is 0 Å². The van der Waals surface area contributed by atoms with Crippen molar-refractivity contribution >= 4 is 11.8 Å². The van der Waals surface area contributed by atoms with Gasteiger partial charge in [-0.25, -0.2) is 13.2 Å². The van der Waals surface area contributed by atoms with Gasteiger partial charge in [-0.3, -0.25) is 9.59 Å². The van der Waals surface area contributed by atoms with Crippen LogP contribution >= 0.6 is 0 Å². The van der Waals surface area contributed by atoms with Crippen LogP contribution in [0.4, 0.5) is 13.2 Å². The van der Waals surface area contributed by atoms with E-state index in [0.29, 0.717) is 18.4 Å². The molecule has 4 nitrogen and oxygen atoms in total. The summed E-state index contributed by atoms with van der Waals surface area (Å²) in [6.45, 7) is 3.07. The fourth-order valence-corrected chi connectivity index (χ4v) is 2.52. The highest BCUT2D eigenvalue weighted by molar-refractivity contribution is 5.90. The van der Waals surface area contributed by atoms with Gasteiger partial charge in [0.1, 0.15) is 0 Å². The largest absolute Gasteiger partial charge is 0.348 e. The maximum absolute atomic E-state index is 13.9. The van der Waals surface area contributed by atoms with Gasteiger partial charge >= 0.3 is 0 Å². The SMILES string of the molecule is C=CC(=O)N(C)CC(=O)NC1CCc2cc(F)c(F)c(F)c21. The number of aryl methyl sites for hydroxylation is 1. The lowest BCUT2D eigenvalue weighted by Gasteiger charge is -2.19. The van der Waals surface area contributed by atoms with E-state index in [-0.39, 0.29) is 12.1 Å². The van der Waals surface area contributed by atoms with E-state index in [1.807, 2.05) is 0 Å². The van der Waals surface area contributed by atoms with Crippen LogP contribution in [0, 0.1) is 17.5 Å². The maximum atomic E-state index is 13.9. The Balaban J connectivity index is 2.12. The molecule has 1 aromatic rings. The standard InChI is InChI=1S/C15H15F3N2O2/c1-3-12(22)20(2)7-11(21)19-10-5-4-8-6-9(16)14(17)15(18)13(8)10/h3,6,10H,1,4-5,7H2,2H3,(H,19,21). The predicted octanol–water partition coefficient (Wildman–Crippen LogP) is 1.85. The Bertz CT molecular complexity index is 646. The third-order valence-electron chi connectivity index (χ3n) is 3.60. The lowest BCUT2D eigenvalue weighted by atomic mass is 10.1. The van der Waals surface area contributed by atoms with E-state index in [9.17, 15) is 22.8 Å². The van der Waals surface area contributed by atoms with Crippen LogP contribution in [0.2, 0.25) is 0 Å². The van der Waals surface area contributed by atoms with Crippen LogP contribution in [0.5, 0.6) is 0 Å². The van der Waals surface area contributed by atoms with E-state index < -0.39 is 35.3 Å². The number of halogens is 3. The second-order valence-electron chi connectivity index (χ2n) is 5.12. The van der Waals surface area contributed by atoms with Gasteiger partial charge in [-0.05, 0) is 30.5 Å². The van der Waals surface area contributed by atoms with Gasteiger partial charge in [0.15, 0.2) is 17.5 Å². The molecule has 2 amide bonds. The number of benzene rings is 1. The number of amides is 2. The van der Waals surface area contributed by atoms with Crippen LogP contribution in [0.3, 0.4) is 0 Å². The summed E-state index contributed by atoms with van der Waals surface area (Å²) >= 11 is 0. The molecule has 0 aromatic heterocycles. The molecule has 1 aromatic carbocycles. The third-order valence-corrected chi connectivity index (χ3v) is 3.60. The molecule has 1 atom stereocenters. The highest BCUT2D eigenvalue weighted by atomic mass is 19.2. The third kappa shape index (κ3) is 2.98. The highest BCUT2D eigenvalue weighted by Gasteiger charge is 2.31. The summed E-state index contributed by atoms with van der Waals surface area (Å²) in [6.07, 6.45) is 1.76. The van der Waals surface area contributed by atoms with E-state index in [4.69, 9.17) is 0 Å². The molecule has 118 valence electrons. The van der Waals surface area contributed by atoms with Crippen molar-refractivity contribution in [2.24, 2.45) is 0 Å². The number of nitrogens with zero attached hydrogens (tertiary/aromatic N) is 1. The fraction of sp³-hybridized carbons (Fsp3) is 0.333. The quantitative estimate of drug-likeness (QED) is 0.681.